The van der Waals surface area contributed by atoms with Crippen LogP contribution in [0.5, 0.6) is 0 Å². The number of aromatic nitrogens is 1. The number of pyridine rings is 1. The van der Waals surface area contributed by atoms with E-state index in [1.807, 2.05) is 24.3 Å². The van der Waals surface area contributed by atoms with Crippen LogP contribution in [0.25, 0.3) is 11.0 Å². The van der Waals surface area contributed by atoms with Gasteiger partial charge < -0.3 is 4.42 Å². The molecule has 3 heterocycles. The second-order valence-electron chi connectivity index (χ2n) is 9.10. The molecule has 0 saturated heterocycles. The van der Waals surface area contributed by atoms with E-state index < -0.39 is 11.9 Å². The van der Waals surface area contributed by atoms with Gasteiger partial charge in [-0.2, -0.15) is 0 Å². The van der Waals surface area contributed by atoms with Gasteiger partial charge in [-0.05, 0) is 46.9 Å². The summed E-state index contributed by atoms with van der Waals surface area (Å²) in [5.41, 5.74) is 2.18. The van der Waals surface area contributed by atoms with Gasteiger partial charge in [0, 0.05) is 11.2 Å². The Bertz CT molecular complexity index is 1450. The van der Waals surface area contributed by atoms with Crippen LogP contribution in [0.3, 0.4) is 0 Å². The van der Waals surface area contributed by atoms with E-state index in [4.69, 9.17) is 27.6 Å². The van der Waals surface area contributed by atoms with Gasteiger partial charge in [0.1, 0.15) is 11.4 Å². The molecule has 0 N–H and O–H groups in total. The maximum Gasteiger partial charge on any atom is 0.296 e. The van der Waals surface area contributed by atoms with Crippen LogP contribution >= 0.6 is 23.2 Å². The molecular formula is C26H20Cl2N2O3. The molecule has 1 aliphatic heterocycles. The number of carbonyl (C=O) groups is 1. The summed E-state index contributed by atoms with van der Waals surface area (Å²) in [6, 6.07) is 15.3. The summed E-state index contributed by atoms with van der Waals surface area (Å²) in [7, 11) is 0. The molecule has 4 aromatic rings. The van der Waals surface area contributed by atoms with Crippen molar-refractivity contribution < 1.29 is 9.21 Å². The Morgan fingerprint density at radius 1 is 0.939 bits per heavy atom. The first-order chi connectivity index (χ1) is 15.6. The second kappa shape index (κ2) is 7.72. The molecule has 1 amide bonds. The molecule has 2 aromatic heterocycles. The van der Waals surface area contributed by atoms with Gasteiger partial charge in [-0.15, -0.1) is 0 Å². The highest BCUT2D eigenvalue weighted by atomic mass is 35.5. The number of amides is 1. The van der Waals surface area contributed by atoms with E-state index in [1.54, 1.807) is 30.3 Å². The monoisotopic (exact) mass is 478 g/mol. The summed E-state index contributed by atoms with van der Waals surface area (Å²) in [6.07, 6.45) is 1.47. The number of hydrogen-bond acceptors (Lipinski definition) is 4. The molecule has 166 valence electrons. The molecule has 0 aliphatic carbocycles. The normalized spacial score (nSPS) is 15.8. The third-order valence-corrected chi connectivity index (χ3v) is 6.34. The van der Waals surface area contributed by atoms with Crippen LogP contribution in [0.2, 0.25) is 10.0 Å². The van der Waals surface area contributed by atoms with Crippen LogP contribution in [-0.2, 0) is 5.41 Å². The molecular weight excluding hydrogens is 459 g/mol. The highest BCUT2D eigenvalue weighted by Gasteiger charge is 2.44. The van der Waals surface area contributed by atoms with Gasteiger partial charge in [0.15, 0.2) is 5.43 Å². The van der Waals surface area contributed by atoms with Gasteiger partial charge in [-0.1, -0.05) is 68.2 Å². The minimum absolute atomic E-state index is 0.0106. The molecule has 1 aliphatic rings. The molecule has 5 nitrogen and oxygen atoms in total. The van der Waals surface area contributed by atoms with Gasteiger partial charge in [-0.25, -0.2) is 4.98 Å². The van der Waals surface area contributed by atoms with Crippen LogP contribution in [0.1, 0.15) is 54.1 Å². The molecule has 0 bridgehead atoms. The Hall–Kier alpha value is -3.15. The van der Waals surface area contributed by atoms with Crippen molar-refractivity contribution in [2.24, 2.45) is 0 Å². The van der Waals surface area contributed by atoms with Crippen molar-refractivity contribution >= 4 is 45.9 Å². The van der Waals surface area contributed by atoms with Crippen LogP contribution in [-0.4, -0.2) is 10.9 Å². The number of fused-ring (bicyclic) bond motifs is 2. The Kier molecular flexibility index (Phi) is 5.07. The molecule has 2 aromatic carbocycles. The zero-order chi connectivity index (χ0) is 23.5. The lowest BCUT2D eigenvalue weighted by Crippen LogP contribution is -2.30. The summed E-state index contributed by atoms with van der Waals surface area (Å²) < 4.78 is 5.95. The van der Waals surface area contributed by atoms with Crippen molar-refractivity contribution in [1.82, 2.24) is 4.98 Å². The number of anilines is 1. The standard InChI is InChI=1S/C26H20Cl2N2O3/c1-26(2,3)15-6-4-14(5-7-15)22-21-23(31)18-12-16(27)8-10-19(18)33-24(21)25(32)30(22)20-11-9-17(28)13-29-20/h4-13,22H,1-3H3. The summed E-state index contributed by atoms with van der Waals surface area (Å²) in [4.78, 5) is 33.0. The van der Waals surface area contributed by atoms with Crippen molar-refractivity contribution in [3.8, 4) is 0 Å². The first-order valence-corrected chi connectivity index (χ1v) is 11.2. The average molecular weight is 479 g/mol. The minimum atomic E-state index is -0.699. The third-order valence-electron chi connectivity index (χ3n) is 5.88. The zero-order valence-corrected chi connectivity index (χ0v) is 19.7. The third kappa shape index (κ3) is 3.62. The van der Waals surface area contributed by atoms with E-state index in [0.29, 0.717) is 26.8 Å². The quantitative estimate of drug-likeness (QED) is 0.328. The van der Waals surface area contributed by atoms with E-state index in [-0.39, 0.29) is 22.2 Å². The SMILES string of the molecule is CC(C)(C)c1ccc(C2c3c(oc4ccc(Cl)cc4c3=O)C(=O)N2c2ccc(Cl)cn2)cc1. The van der Waals surface area contributed by atoms with Crippen molar-refractivity contribution in [3.63, 3.8) is 0 Å². The molecule has 0 spiro atoms. The Morgan fingerprint density at radius 3 is 2.27 bits per heavy atom. The van der Waals surface area contributed by atoms with E-state index in [2.05, 4.69) is 25.8 Å². The highest BCUT2D eigenvalue weighted by molar-refractivity contribution is 6.31. The average Bonchev–Trinajstić information content (AvgIpc) is 3.07. The Morgan fingerprint density at radius 2 is 1.64 bits per heavy atom. The highest BCUT2D eigenvalue weighted by Crippen LogP contribution is 2.41. The number of rotatable bonds is 2. The smallest absolute Gasteiger partial charge is 0.296 e. The summed E-state index contributed by atoms with van der Waals surface area (Å²) in [6.45, 7) is 6.39. The van der Waals surface area contributed by atoms with Crippen LogP contribution in [0, 0.1) is 0 Å². The lowest BCUT2D eigenvalue weighted by atomic mass is 9.86. The van der Waals surface area contributed by atoms with Crippen LogP contribution in [0.4, 0.5) is 5.82 Å². The lowest BCUT2D eigenvalue weighted by Gasteiger charge is -2.25. The lowest BCUT2D eigenvalue weighted by molar-refractivity contribution is 0.0970. The van der Waals surface area contributed by atoms with Crippen molar-refractivity contribution in [2.75, 3.05) is 4.90 Å². The van der Waals surface area contributed by atoms with Crippen LogP contribution < -0.4 is 10.3 Å². The molecule has 0 fully saturated rings. The second-order valence-corrected chi connectivity index (χ2v) is 9.97. The van der Waals surface area contributed by atoms with Crippen molar-refractivity contribution in [3.05, 3.63) is 104 Å². The van der Waals surface area contributed by atoms with Crippen molar-refractivity contribution in [2.45, 2.75) is 32.2 Å². The maximum atomic E-state index is 13.6. The first-order valence-electron chi connectivity index (χ1n) is 10.5. The molecule has 33 heavy (non-hydrogen) atoms. The molecule has 7 heteroatoms. The topological polar surface area (TPSA) is 63.4 Å². The fourth-order valence-corrected chi connectivity index (χ4v) is 4.46. The molecule has 1 atom stereocenters. The molecule has 1 unspecified atom stereocenters. The zero-order valence-electron chi connectivity index (χ0n) is 18.2. The van der Waals surface area contributed by atoms with E-state index in [9.17, 15) is 9.59 Å². The number of hydrogen-bond donors (Lipinski definition) is 0. The predicted molar refractivity (Wildman–Crippen MR) is 131 cm³/mol. The first kappa shape index (κ1) is 21.7. The summed E-state index contributed by atoms with van der Waals surface area (Å²) in [5, 5.41) is 1.20. The summed E-state index contributed by atoms with van der Waals surface area (Å²) >= 11 is 12.2. The largest absolute Gasteiger partial charge is 0.450 e. The van der Waals surface area contributed by atoms with E-state index >= 15 is 0 Å². The fraction of sp³-hybridized carbons (Fsp3) is 0.192. The van der Waals surface area contributed by atoms with Gasteiger partial charge >= 0.3 is 0 Å². The van der Waals surface area contributed by atoms with Gasteiger partial charge in [0.05, 0.1) is 22.0 Å². The predicted octanol–water partition coefficient (Wildman–Crippen LogP) is 6.54. The van der Waals surface area contributed by atoms with E-state index in [1.165, 1.54) is 11.1 Å². The molecule has 5 rings (SSSR count). The van der Waals surface area contributed by atoms with Gasteiger partial charge in [0.25, 0.3) is 5.91 Å². The van der Waals surface area contributed by atoms with Crippen LogP contribution in [0.15, 0.2) is 70.0 Å². The number of halogens is 2. The Labute approximate surface area is 200 Å². The number of benzene rings is 2. The fourth-order valence-electron chi connectivity index (χ4n) is 4.17. The minimum Gasteiger partial charge on any atom is -0.450 e. The number of carbonyl (C=O) groups excluding carboxylic acids is 1. The number of nitrogens with zero attached hydrogens (tertiary/aromatic N) is 2. The Balaban J connectivity index is 1.77. The van der Waals surface area contributed by atoms with E-state index in [0.717, 1.165) is 11.1 Å². The van der Waals surface area contributed by atoms with Crippen molar-refractivity contribution in [1.29, 1.82) is 0 Å². The van der Waals surface area contributed by atoms with Gasteiger partial charge in [0.2, 0.25) is 5.76 Å². The maximum absolute atomic E-state index is 13.6. The molecule has 0 saturated carbocycles. The van der Waals surface area contributed by atoms with Gasteiger partial charge in [-0.3, -0.25) is 14.5 Å². The summed E-state index contributed by atoms with van der Waals surface area (Å²) in [5.74, 6) is -0.0441. The molecule has 0 radical (unpaired) electrons.